The highest BCUT2D eigenvalue weighted by atomic mass is 127. The van der Waals surface area contributed by atoms with Gasteiger partial charge in [0.15, 0.2) is 5.11 Å². The molecule has 0 unspecified atom stereocenters. The van der Waals surface area contributed by atoms with Crippen molar-refractivity contribution in [3.05, 3.63) is 57.2 Å². The summed E-state index contributed by atoms with van der Waals surface area (Å²) in [7, 11) is 0. The third-order valence-corrected chi connectivity index (χ3v) is 4.10. The molecule has 2 aromatic rings. The summed E-state index contributed by atoms with van der Waals surface area (Å²) in [4.78, 5) is 11.0. The first-order valence-electron chi connectivity index (χ1n) is 6.51. The SMILES string of the molecule is NC(=O)c1ccc(NC(=S)Nc2ccc(I)c(C(F)(F)F)c2)cc1. The Morgan fingerprint density at radius 2 is 1.58 bits per heavy atom. The lowest BCUT2D eigenvalue weighted by Gasteiger charge is -2.14. The number of rotatable bonds is 3. The second kappa shape index (κ2) is 7.34. The molecule has 24 heavy (non-hydrogen) atoms. The Bertz CT molecular complexity index is 779. The van der Waals surface area contributed by atoms with Gasteiger partial charge in [-0.25, -0.2) is 0 Å². The fourth-order valence-corrected chi connectivity index (χ4v) is 2.71. The van der Waals surface area contributed by atoms with E-state index in [9.17, 15) is 18.0 Å². The number of carbonyl (C=O) groups excluding carboxylic acids is 1. The summed E-state index contributed by atoms with van der Waals surface area (Å²) >= 11 is 6.70. The Labute approximate surface area is 154 Å². The number of anilines is 2. The van der Waals surface area contributed by atoms with Crippen LogP contribution in [0.3, 0.4) is 0 Å². The molecule has 126 valence electrons. The summed E-state index contributed by atoms with van der Waals surface area (Å²) in [5, 5.41) is 5.63. The van der Waals surface area contributed by atoms with Crippen LogP contribution >= 0.6 is 34.8 Å². The molecule has 0 atom stereocenters. The molecule has 0 saturated heterocycles. The molecular weight excluding hydrogens is 454 g/mol. The van der Waals surface area contributed by atoms with E-state index in [-0.39, 0.29) is 14.4 Å². The van der Waals surface area contributed by atoms with Gasteiger partial charge in [0.2, 0.25) is 5.91 Å². The average molecular weight is 465 g/mol. The molecule has 4 nitrogen and oxygen atoms in total. The minimum Gasteiger partial charge on any atom is -0.366 e. The normalized spacial score (nSPS) is 11.0. The monoisotopic (exact) mass is 465 g/mol. The lowest BCUT2D eigenvalue weighted by molar-refractivity contribution is -0.138. The van der Waals surface area contributed by atoms with Gasteiger partial charge in [-0.05, 0) is 77.3 Å². The van der Waals surface area contributed by atoms with Crippen molar-refractivity contribution in [2.24, 2.45) is 5.73 Å². The third-order valence-electron chi connectivity index (χ3n) is 2.96. The fourth-order valence-electron chi connectivity index (χ4n) is 1.83. The number of halogens is 4. The topological polar surface area (TPSA) is 67.2 Å². The third kappa shape index (κ3) is 4.81. The van der Waals surface area contributed by atoms with Crippen LogP contribution in [0.4, 0.5) is 24.5 Å². The second-order valence-corrected chi connectivity index (χ2v) is 6.28. The molecule has 4 N–H and O–H groups in total. The number of alkyl halides is 3. The zero-order valence-corrected chi connectivity index (χ0v) is 14.9. The van der Waals surface area contributed by atoms with Gasteiger partial charge >= 0.3 is 6.18 Å². The largest absolute Gasteiger partial charge is 0.417 e. The molecule has 0 heterocycles. The Morgan fingerprint density at radius 3 is 2.12 bits per heavy atom. The van der Waals surface area contributed by atoms with E-state index in [4.69, 9.17) is 18.0 Å². The number of nitrogens with one attached hydrogen (secondary N) is 2. The van der Waals surface area contributed by atoms with Crippen LogP contribution in [0.2, 0.25) is 0 Å². The van der Waals surface area contributed by atoms with Gasteiger partial charge < -0.3 is 16.4 Å². The van der Waals surface area contributed by atoms with Crippen LogP contribution in [-0.4, -0.2) is 11.0 Å². The quantitative estimate of drug-likeness (QED) is 0.470. The lowest BCUT2D eigenvalue weighted by atomic mass is 10.2. The summed E-state index contributed by atoms with van der Waals surface area (Å²) in [6.07, 6.45) is -4.44. The molecule has 0 radical (unpaired) electrons. The van der Waals surface area contributed by atoms with Crippen LogP contribution in [0.15, 0.2) is 42.5 Å². The Morgan fingerprint density at radius 1 is 1.04 bits per heavy atom. The van der Waals surface area contributed by atoms with E-state index in [1.54, 1.807) is 34.7 Å². The molecule has 0 fully saturated rings. The van der Waals surface area contributed by atoms with Gasteiger partial charge in [0.05, 0.1) is 5.56 Å². The van der Waals surface area contributed by atoms with E-state index in [1.807, 2.05) is 0 Å². The minimum absolute atomic E-state index is 0.103. The molecule has 1 amide bonds. The van der Waals surface area contributed by atoms with Crippen LogP contribution in [0.5, 0.6) is 0 Å². The van der Waals surface area contributed by atoms with E-state index in [1.165, 1.54) is 24.3 Å². The van der Waals surface area contributed by atoms with E-state index >= 15 is 0 Å². The van der Waals surface area contributed by atoms with Crippen molar-refractivity contribution in [3.63, 3.8) is 0 Å². The van der Waals surface area contributed by atoms with Crippen LogP contribution in [0, 0.1) is 3.57 Å². The van der Waals surface area contributed by atoms with Crippen LogP contribution in [0.1, 0.15) is 15.9 Å². The number of hydrogen-bond acceptors (Lipinski definition) is 2. The molecular formula is C15H11F3IN3OS. The second-order valence-electron chi connectivity index (χ2n) is 4.71. The maximum absolute atomic E-state index is 12.9. The minimum atomic E-state index is -4.44. The first-order valence-corrected chi connectivity index (χ1v) is 8.00. The highest BCUT2D eigenvalue weighted by Crippen LogP contribution is 2.34. The van der Waals surface area contributed by atoms with Gasteiger partial charge in [-0.15, -0.1) is 0 Å². The van der Waals surface area contributed by atoms with Crippen LogP contribution in [0.25, 0.3) is 0 Å². The van der Waals surface area contributed by atoms with E-state index in [0.29, 0.717) is 11.3 Å². The van der Waals surface area contributed by atoms with Crippen molar-refractivity contribution in [2.45, 2.75) is 6.18 Å². The van der Waals surface area contributed by atoms with Crippen molar-refractivity contribution in [2.75, 3.05) is 10.6 Å². The van der Waals surface area contributed by atoms with Crippen molar-refractivity contribution < 1.29 is 18.0 Å². The predicted molar refractivity (Wildman–Crippen MR) is 99.0 cm³/mol. The number of primary amides is 1. The van der Waals surface area contributed by atoms with E-state index in [0.717, 1.165) is 6.07 Å². The van der Waals surface area contributed by atoms with Crippen LogP contribution < -0.4 is 16.4 Å². The highest BCUT2D eigenvalue weighted by molar-refractivity contribution is 14.1. The zero-order valence-electron chi connectivity index (χ0n) is 11.9. The molecule has 0 saturated carbocycles. The van der Waals surface area contributed by atoms with E-state index < -0.39 is 17.6 Å². The van der Waals surface area contributed by atoms with Crippen molar-refractivity contribution in [1.29, 1.82) is 0 Å². The van der Waals surface area contributed by atoms with Gasteiger partial charge in [-0.3, -0.25) is 4.79 Å². The summed E-state index contributed by atoms with van der Waals surface area (Å²) < 4.78 is 38.8. The maximum Gasteiger partial charge on any atom is 0.417 e. The standard InChI is InChI=1S/C15H11F3IN3OS/c16-15(17,18)11-7-10(5-6-12(11)19)22-14(24)21-9-3-1-8(2-4-9)13(20)23/h1-7H,(H2,20,23)(H2,21,22,24). The highest BCUT2D eigenvalue weighted by Gasteiger charge is 2.33. The maximum atomic E-state index is 12.9. The van der Waals surface area contributed by atoms with Gasteiger partial charge in [-0.2, -0.15) is 13.2 Å². The summed E-state index contributed by atoms with van der Waals surface area (Å²) in [6, 6.07) is 10.1. The first kappa shape index (κ1) is 18.5. The van der Waals surface area contributed by atoms with Crippen molar-refractivity contribution >= 4 is 57.2 Å². The first-order chi connectivity index (χ1) is 11.2. The Kier molecular flexibility index (Phi) is 5.65. The van der Waals surface area contributed by atoms with Gasteiger partial charge in [-0.1, -0.05) is 0 Å². The summed E-state index contributed by atoms with van der Waals surface area (Å²) in [5.74, 6) is -0.555. The number of nitrogens with two attached hydrogens (primary N) is 1. The number of carbonyl (C=O) groups is 1. The molecule has 0 bridgehead atoms. The number of thiocarbonyl (C=S) groups is 1. The summed E-state index contributed by atoms with van der Waals surface area (Å²) in [6.45, 7) is 0. The lowest BCUT2D eigenvalue weighted by Crippen LogP contribution is -2.20. The van der Waals surface area contributed by atoms with Crippen molar-refractivity contribution in [1.82, 2.24) is 0 Å². The molecule has 0 aliphatic carbocycles. The molecule has 0 aromatic heterocycles. The molecule has 9 heteroatoms. The Balaban J connectivity index is 2.08. The smallest absolute Gasteiger partial charge is 0.366 e. The fraction of sp³-hybridized carbons (Fsp3) is 0.0667. The van der Waals surface area contributed by atoms with Crippen molar-refractivity contribution in [3.8, 4) is 0 Å². The molecule has 0 spiro atoms. The van der Waals surface area contributed by atoms with E-state index in [2.05, 4.69) is 10.6 Å². The average Bonchev–Trinajstić information content (AvgIpc) is 2.48. The number of amides is 1. The molecule has 2 aromatic carbocycles. The van der Waals surface area contributed by atoms with Crippen LogP contribution in [-0.2, 0) is 6.18 Å². The van der Waals surface area contributed by atoms with Gasteiger partial charge in [0, 0.05) is 20.5 Å². The van der Waals surface area contributed by atoms with Gasteiger partial charge in [0.1, 0.15) is 0 Å². The number of hydrogen-bond donors (Lipinski definition) is 3. The molecule has 2 rings (SSSR count). The molecule has 0 aliphatic rings. The summed E-state index contributed by atoms with van der Waals surface area (Å²) in [5.41, 5.74) is 5.53. The molecule has 0 aliphatic heterocycles. The van der Waals surface area contributed by atoms with Gasteiger partial charge in [0.25, 0.3) is 0 Å². The Hall–Kier alpha value is -1.88. The number of benzene rings is 2. The predicted octanol–water partition coefficient (Wildman–Crippen LogP) is 4.22. The zero-order chi connectivity index (χ0) is 17.9.